The highest BCUT2D eigenvalue weighted by Gasteiger charge is 2.40. The smallest absolute Gasteiger partial charge is 0.260 e. The molecule has 3 aromatic carbocycles. The van der Waals surface area contributed by atoms with Gasteiger partial charge in [-0.3, -0.25) is 4.79 Å². The molecule has 2 aliphatic rings. The molecule has 0 atom stereocenters. The van der Waals surface area contributed by atoms with Crippen molar-refractivity contribution in [2.24, 2.45) is 0 Å². The number of anilines is 1. The van der Waals surface area contributed by atoms with Crippen molar-refractivity contribution in [1.29, 1.82) is 0 Å². The molecule has 5 rings (SSSR count). The maximum absolute atomic E-state index is 13.8. The fraction of sp³-hybridized carbons (Fsp3) is 0.125. The van der Waals surface area contributed by atoms with Gasteiger partial charge in [-0.1, -0.05) is 42.5 Å². The second kappa shape index (κ2) is 5.80. The summed E-state index contributed by atoms with van der Waals surface area (Å²) in [4.78, 5) is 12.7. The molecule has 28 heavy (non-hydrogen) atoms. The Kier molecular flexibility index (Phi) is 3.47. The molecule has 2 aliphatic heterocycles. The van der Waals surface area contributed by atoms with Crippen molar-refractivity contribution >= 4 is 22.9 Å². The zero-order valence-corrected chi connectivity index (χ0v) is 15.5. The fourth-order valence-corrected chi connectivity index (χ4v) is 3.97. The summed E-state index contributed by atoms with van der Waals surface area (Å²) in [6, 6.07) is 20.5. The van der Waals surface area contributed by atoms with Gasteiger partial charge in [0.1, 0.15) is 17.2 Å². The first-order valence-electron chi connectivity index (χ1n) is 9.19. The van der Waals surface area contributed by atoms with Crippen molar-refractivity contribution < 1.29 is 13.9 Å². The maximum atomic E-state index is 13.8. The van der Waals surface area contributed by atoms with Gasteiger partial charge in [-0.2, -0.15) is 0 Å². The van der Waals surface area contributed by atoms with E-state index in [0.717, 1.165) is 22.3 Å². The van der Waals surface area contributed by atoms with Crippen molar-refractivity contribution in [3.63, 3.8) is 0 Å². The summed E-state index contributed by atoms with van der Waals surface area (Å²) in [7, 11) is 0. The topological polar surface area (TPSA) is 38.3 Å². The molecule has 0 fully saturated rings. The number of hydrogen-bond acceptors (Lipinski definition) is 2. The molecule has 3 nitrogen and oxygen atoms in total. The van der Waals surface area contributed by atoms with Crippen LogP contribution in [0.4, 0.5) is 10.1 Å². The Morgan fingerprint density at radius 2 is 1.68 bits per heavy atom. The van der Waals surface area contributed by atoms with Crippen LogP contribution >= 0.6 is 0 Å². The number of nitrogens with one attached hydrogen (secondary N) is 1. The fourth-order valence-electron chi connectivity index (χ4n) is 3.97. The monoisotopic (exact) mass is 371 g/mol. The first kappa shape index (κ1) is 16.8. The number of rotatable bonds is 1. The van der Waals surface area contributed by atoms with Crippen molar-refractivity contribution in [2.45, 2.75) is 19.4 Å². The predicted octanol–water partition coefficient (Wildman–Crippen LogP) is 5.58. The Balaban J connectivity index is 1.72. The highest BCUT2D eigenvalue weighted by molar-refractivity contribution is 6.36. The molecule has 0 spiro atoms. The Bertz CT molecular complexity index is 1160. The standard InChI is InChI=1S/C24H18FNO2/c1-24(2)19-12-15(14-6-4-3-5-7-14)8-10-17(19)22(28-24)21-18-13-16(25)9-11-20(18)26-23(21)27/h3-13H,1-2H3,(H,26,27). The number of benzene rings is 3. The summed E-state index contributed by atoms with van der Waals surface area (Å²) >= 11 is 0. The van der Waals surface area contributed by atoms with Gasteiger partial charge in [0.05, 0.1) is 5.57 Å². The van der Waals surface area contributed by atoms with E-state index in [4.69, 9.17) is 4.74 Å². The van der Waals surface area contributed by atoms with Gasteiger partial charge in [0, 0.05) is 22.4 Å². The van der Waals surface area contributed by atoms with Crippen LogP contribution in [0.5, 0.6) is 0 Å². The number of fused-ring (bicyclic) bond motifs is 2. The van der Waals surface area contributed by atoms with Crippen LogP contribution in [0.2, 0.25) is 0 Å². The Labute approximate surface area is 162 Å². The molecule has 0 aromatic heterocycles. The molecule has 1 N–H and O–H groups in total. The number of ether oxygens (including phenoxy) is 1. The van der Waals surface area contributed by atoms with Crippen LogP contribution in [-0.2, 0) is 15.1 Å². The number of hydrogen-bond donors (Lipinski definition) is 1. The van der Waals surface area contributed by atoms with Gasteiger partial charge in [0.2, 0.25) is 0 Å². The van der Waals surface area contributed by atoms with Gasteiger partial charge in [0.15, 0.2) is 0 Å². The van der Waals surface area contributed by atoms with Crippen LogP contribution in [-0.4, -0.2) is 5.91 Å². The van der Waals surface area contributed by atoms with E-state index in [9.17, 15) is 9.18 Å². The van der Waals surface area contributed by atoms with E-state index in [1.165, 1.54) is 12.1 Å². The Morgan fingerprint density at radius 1 is 0.893 bits per heavy atom. The molecule has 138 valence electrons. The first-order valence-corrected chi connectivity index (χ1v) is 9.19. The zero-order valence-electron chi connectivity index (χ0n) is 15.5. The molecule has 3 aromatic rings. The Hall–Kier alpha value is -3.40. The van der Waals surface area contributed by atoms with E-state index in [2.05, 4.69) is 23.5 Å². The molecule has 0 saturated carbocycles. The van der Waals surface area contributed by atoms with E-state index in [1.54, 1.807) is 6.07 Å². The molecule has 1 amide bonds. The summed E-state index contributed by atoms with van der Waals surface area (Å²) in [6.45, 7) is 3.96. The summed E-state index contributed by atoms with van der Waals surface area (Å²) in [5, 5.41) is 2.80. The van der Waals surface area contributed by atoms with Crippen LogP contribution < -0.4 is 5.32 Å². The summed E-state index contributed by atoms with van der Waals surface area (Å²) in [5.74, 6) is -0.155. The van der Waals surface area contributed by atoms with Gasteiger partial charge < -0.3 is 10.1 Å². The highest BCUT2D eigenvalue weighted by atomic mass is 19.1. The van der Waals surface area contributed by atoms with E-state index in [1.807, 2.05) is 44.2 Å². The van der Waals surface area contributed by atoms with Crippen LogP contribution in [0.3, 0.4) is 0 Å². The van der Waals surface area contributed by atoms with Gasteiger partial charge in [-0.15, -0.1) is 0 Å². The average Bonchev–Trinajstić information content (AvgIpc) is 3.14. The summed E-state index contributed by atoms with van der Waals surface area (Å²) in [5.41, 5.74) is 5.01. The van der Waals surface area contributed by atoms with Gasteiger partial charge >= 0.3 is 0 Å². The largest absolute Gasteiger partial charge is 0.482 e. The van der Waals surface area contributed by atoms with E-state index in [0.29, 0.717) is 22.6 Å². The highest BCUT2D eigenvalue weighted by Crippen LogP contribution is 2.49. The molecular formula is C24H18FNO2. The molecule has 0 bridgehead atoms. The SMILES string of the molecule is CC1(C)OC(=C2C(=O)Nc3ccc(F)cc32)c2ccc(-c3ccccc3)cc21. The normalized spacial score (nSPS) is 19.0. The van der Waals surface area contributed by atoms with Crippen LogP contribution in [0.1, 0.15) is 30.5 Å². The molecule has 0 aliphatic carbocycles. The Morgan fingerprint density at radius 3 is 2.46 bits per heavy atom. The molecule has 0 unspecified atom stereocenters. The van der Waals surface area contributed by atoms with Gasteiger partial charge in [-0.25, -0.2) is 4.39 Å². The number of halogens is 1. The number of amides is 1. The maximum Gasteiger partial charge on any atom is 0.260 e. The van der Waals surface area contributed by atoms with E-state index >= 15 is 0 Å². The first-order chi connectivity index (χ1) is 13.4. The lowest BCUT2D eigenvalue weighted by Gasteiger charge is -2.20. The lowest BCUT2D eigenvalue weighted by molar-refractivity contribution is -0.110. The molecule has 0 saturated heterocycles. The van der Waals surface area contributed by atoms with Crippen LogP contribution in [0.25, 0.3) is 22.5 Å². The molecule has 4 heteroatoms. The van der Waals surface area contributed by atoms with Crippen LogP contribution in [0.15, 0.2) is 66.7 Å². The second-order valence-corrected chi connectivity index (χ2v) is 7.59. The van der Waals surface area contributed by atoms with Crippen molar-refractivity contribution in [2.75, 3.05) is 5.32 Å². The van der Waals surface area contributed by atoms with Gasteiger partial charge in [-0.05, 0) is 49.2 Å². The number of carbonyl (C=O) groups is 1. The third-order valence-corrected chi connectivity index (χ3v) is 5.33. The third kappa shape index (κ3) is 2.45. The summed E-state index contributed by atoms with van der Waals surface area (Å²) < 4.78 is 20.1. The lowest BCUT2D eigenvalue weighted by Crippen LogP contribution is -2.15. The van der Waals surface area contributed by atoms with Crippen LogP contribution in [0, 0.1) is 5.82 Å². The minimum Gasteiger partial charge on any atom is -0.482 e. The quantitative estimate of drug-likeness (QED) is 0.567. The lowest BCUT2D eigenvalue weighted by atomic mass is 9.90. The van der Waals surface area contributed by atoms with Crippen molar-refractivity contribution in [1.82, 2.24) is 0 Å². The average molecular weight is 371 g/mol. The summed E-state index contributed by atoms with van der Waals surface area (Å²) in [6.07, 6.45) is 0. The van der Waals surface area contributed by atoms with Gasteiger partial charge in [0.25, 0.3) is 5.91 Å². The predicted molar refractivity (Wildman–Crippen MR) is 108 cm³/mol. The second-order valence-electron chi connectivity index (χ2n) is 7.59. The molecule has 2 heterocycles. The van der Waals surface area contributed by atoms with Crippen molar-refractivity contribution in [3.05, 3.63) is 89.2 Å². The third-order valence-electron chi connectivity index (χ3n) is 5.33. The molecule has 0 radical (unpaired) electrons. The van der Waals surface area contributed by atoms with E-state index < -0.39 is 5.60 Å². The molecular weight excluding hydrogens is 353 g/mol. The van der Waals surface area contributed by atoms with E-state index in [-0.39, 0.29) is 11.7 Å². The minimum absolute atomic E-state index is 0.272. The zero-order chi connectivity index (χ0) is 19.5. The van der Waals surface area contributed by atoms with Crippen molar-refractivity contribution in [3.8, 4) is 11.1 Å². The minimum atomic E-state index is -0.598. The number of carbonyl (C=O) groups excluding carboxylic acids is 1.